The number of hydrogen-bond acceptors (Lipinski definition) is 6. The van der Waals surface area contributed by atoms with Crippen LogP contribution in [0.3, 0.4) is 0 Å². The smallest absolute Gasteiger partial charge is 0.201 e. The molecule has 4 rings (SSSR count). The van der Waals surface area contributed by atoms with Crippen LogP contribution in [0.25, 0.3) is 0 Å². The Bertz CT molecular complexity index is 1150. The number of phenolic OH excluding ortho intramolecular Hbond substituents is 2. The molecule has 1 aliphatic heterocycles. The summed E-state index contributed by atoms with van der Waals surface area (Å²) in [5.74, 6) is -0.346. The van der Waals surface area contributed by atoms with Crippen LogP contribution >= 0.6 is 0 Å². The summed E-state index contributed by atoms with van der Waals surface area (Å²) < 4.78 is 11.9. The summed E-state index contributed by atoms with van der Waals surface area (Å²) >= 11 is 0. The molecule has 6 nitrogen and oxygen atoms in total. The standard InChI is InChI=1S/C26H30O6/c1-12(2)7-8-14-13(3)9-16(27)22-20(14)25(31-6)21-15-10-19(26(4,5)30)32-18(15)11-17(28)23(21)24(22)29/h7,9,11,19,25,27-28,30H,8,10H2,1-6H3. The second kappa shape index (κ2) is 7.64. The number of phenols is 2. The lowest BCUT2D eigenvalue weighted by Gasteiger charge is -2.31. The maximum Gasteiger partial charge on any atom is 0.201 e. The first-order chi connectivity index (χ1) is 15.0. The quantitative estimate of drug-likeness (QED) is 0.617. The molecule has 0 aromatic heterocycles. The average molecular weight is 439 g/mol. The highest BCUT2D eigenvalue weighted by atomic mass is 16.5. The van der Waals surface area contributed by atoms with Gasteiger partial charge in [-0.25, -0.2) is 0 Å². The molecule has 2 aliphatic rings. The number of carbonyl (C=O) groups is 1. The van der Waals surface area contributed by atoms with Gasteiger partial charge in [-0.15, -0.1) is 0 Å². The number of rotatable bonds is 4. The number of aryl methyl sites for hydroxylation is 1. The molecule has 0 saturated heterocycles. The molecule has 2 aromatic rings. The Labute approximate surface area is 188 Å². The molecule has 0 saturated carbocycles. The summed E-state index contributed by atoms with van der Waals surface area (Å²) in [6.07, 6.45) is 1.85. The summed E-state index contributed by atoms with van der Waals surface area (Å²) in [6, 6.07) is 3.02. The van der Waals surface area contributed by atoms with Crippen molar-refractivity contribution in [3.8, 4) is 17.2 Å². The van der Waals surface area contributed by atoms with Gasteiger partial charge in [-0.3, -0.25) is 4.79 Å². The first-order valence-electron chi connectivity index (χ1n) is 10.8. The summed E-state index contributed by atoms with van der Waals surface area (Å²) in [6.45, 7) is 9.26. The van der Waals surface area contributed by atoms with Crippen molar-refractivity contribution >= 4 is 5.78 Å². The molecule has 0 bridgehead atoms. The van der Waals surface area contributed by atoms with E-state index in [0.717, 1.165) is 22.3 Å². The van der Waals surface area contributed by atoms with Crippen LogP contribution in [0, 0.1) is 6.92 Å². The fourth-order valence-electron chi connectivity index (χ4n) is 4.80. The zero-order valence-electron chi connectivity index (χ0n) is 19.4. The third kappa shape index (κ3) is 3.38. The molecule has 170 valence electrons. The predicted molar refractivity (Wildman–Crippen MR) is 121 cm³/mol. The van der Waals surface area contributed by atoms with Crippen molar-refractivity contribution in [1.29, 1.82) is 0 Å². The van der Waals surface area contributed by atoms with Crippen molar-refractivity contribution in [1.82, 2.24) is 0 Å². The Morgan fingerprint density at radius 1 is 1.19 bits per heavy atom. The Kier molecular flexibility index (Phi) is 5.34. The number of ketones is 1. The van der Waals surface area contributed by atoms with Gasteiger partial charge in [0.15, 0.2) is 0 Å². The maximum absolute atomic E-state index is 13.6. The van der Waals surface area contributed by atoms with Gasteiger partial charge in [0.05, 0.1) is 16.7 Å². The fourth-order valence-corrected chi connectivity index (χ4v) is 4.80. The molecule has 6 heteroatoms. The Hall–Kier alpha value is -2.83. The van der Waals surface area contributed by atoms with E-state index in [1.54, 1.807) is 27.0 Å². The van der Waals surface area contributed by atoms with Gasteiger partial charge in [-0.2, -0.15) is 0 Å². The number of hydrogen-bond donors (Lipinski definition) is 3. The fraction of sp³-hybridized carbons (Fsp3) is 0.423. The molecule has 0 spiro atoms. The number of benzene rings is 2. The average Bonchev–Trinajstić information content (AvgIpc) is 3.11. The third-order valence-electron chi connectivity index (χ3n) is 6.47. The monoisotopic (exact) mass is 438 g/mol. The Morgan fingerprint density at radius 2 is 1.81 bits per heavy atom. The van der Waals surface area contributed by atoms with Gasteiger partial charge < -0.3 is 24.8 Å². The SMILES string of the molecule is COC1c2c(CC=C(C)C)c(C)cc(O)c2C(=O)c2c(O)cc3c(c21)CC(C(C)(C)O)O3. The zero-order valence-corrected chi connectivity index (χ0v) is 19.4. The van der Waals surface area contributed by atoms with Crippen molar-refractivity contribution in [2.75, 3.05) is 7.11 Å². The highest BCUT2D eigenvalue weighted by Crippen LogP contribution is 2.51. The summed E-state index contributed by atoms with van der Waals surface area (Å²) in [5, 5.41) is 32.1. The molecule has 2 atom stereocenters. The predicted octanol–water partition coefficient (Wildman–Crippen LogP) is 4.27. The lowest BCUT2D eigenvalue weighted by molar-refractivity contribution is -0.0230. The van der Waals surface area contributed by atoms with Gasteiger partial charge in [0.25, 0.3) is 0 Å². The summed E-state index contributed by atoms with van der Waals surface area (Å²) in [4.78, 5) is 13.6. The van der Waals surface area contributed by atoms with Crippen molar-refractivity contribution in [2.24, 2.45) is 0 Å². The molecule has 2 aromatic carbocycles. The molecule has 0 amide bonds. The van der Waals surface area contributed by atoms with Gasteiger partial charge in [-0.1, -0.05) is 11.6 Å². The van der Waals surface area contributed by atoms with Gasteiger partial charge >= 0.3 is 0 Å². The molecule has 2 unspecified atom stereocenters. The zero-order chi connectivity index (χ0) is 23.5. The minimum Gasteiger partial charge on any atom is -0.507 e. The van der Waals surface area contributed by atoms with Crippen LogP contribution in [0.1, 0.15) is 77.5 Å². The number of methoxy groups -OCH3 is 1. The van der Waals surface area contributed by atoms with Crippen molar-refractivity contribution in [3.63, 3.8) is 0 Å². The van der Waals surface area contributed by atoms with E-state index < -0.39 is 23.6 Å². The van der Waals surface area contributed by atoms with Gasteiger partial charge in [-0.05, 0) is 58.2 Å². The molecule has 1 heterocycles. The van der Waals surface area contributed by atoms with E-state index in [9.17, 15) is 20.1 Å². The lowest BCUT2D eigenvalue weighted by atomic mass is 9.75. The van der Waals surface area contributed by atoms with Crippen molar-refractivity contribution in [3.05, 3.63) is 62.7 Å². The van der Waals surface area contributed by atoms with Crippen LogP contribution in [0.15, 0.2) is 23.8 Å². The molecule has 1 aliphatic carbocycles. The molecule has 0 fully saturated rings. The van der Waals surface area contributed by atoms with Gasteiger partial charge in [0.1, 0.15) is 29.5 Å². The number of aromatic hydroxyl groups is 2. The largest absolute Gasteiger partial charge is 0.507 e. The van der Waals surface area contributed by atoms with E-state index >= 15 is 0 Å². The van der Waals surface area contributed by atoms with Gasteiger partial charge in [0.2, 0.25) is 5.78 Å². The number of fused-ring (bicyclic) bond motifs is 4. The first-order valence-corrected chi connectivity index (χ1v) is 10.8. The second-order valence-electron chi connectivity index (χ2n) is 9.54. The highest BCUT2D eigenvalue weighted by Gasteiger charge is 2.44. The Balaban J connectivity index is 2.00. The van der Waals surface area contributed by atoms with E-state index in [1.807, 2.05) is 20.8 Å². The first kappa shape index (κ1) is 22.4. The van der Waals surface area contributed by atoms with E-state index in [2.05, 4.69) is 6.08 Å². The van der Waals surface area contributed by atoms with Crippen LogP contribution < -0.4 is 4.74 Å². The van der Waals surface area contributed by atoms with Crippen molar-refractivity contribution < 1.29 is 29.6 Å². The number of allylic oxidation sites excluding steroid dienone is 2. The molecular formula is C26H30O6. The van der Waals surface area contributed by atoms with Gasteiger partial charge in [0, 0.05) is 36.3 Å². The topological polar surface area (TPSA) is 96.2 Å². The van der Waals surface area contributed by atoms with Crippen LogP contribution in [0.5, 0.6) is 17.2 Å². The van der Waals surface area contributed by atoms with E-state index in [0.29, 0.717) is 29.7 Å². The van der Waals surface area contributed by atoms with E-state index in [1.165, 1.54) is 6.07 Å². The maximum atomic E-state index is 13.6. The minimum atomic E-state index is -1.11. The molecule has 0 radical (unpaired) electrons. The second-order valence-corrected chi connectivity index (χ2v) is 9.54. The lowest BCUT2D eigenvalue weighted by Crippen LogP contribution is -2.39. The minimum absolute atomic E-state index is 0.121. The van der Waals surface area contributed by atoms with E-state index in [4.69, 9.17) is 9.47 Å². The summed E-state index contributed by atoms with van der Waals surface area (Å²) in [7, 11) is 1.55. The van der Waals surface area contributed by atoms with Crippen LogP contribution in [-0.4, -0.2) is 39.9 Å². The molecule has 3 N–H and O–H groups in total. The van der Waals surface area contributed by atoms with E-state index in [-0.39, 0.29) is 22.6 Å². The van der Waals surface area contributed by atoms with Crippen LogP contribution in [0.4, 0.5) is 0 Å². The normalized spacial score (nSPS) is 19.2. The molecular weight excluding hydrogens is 408 g/mol. The molecule has 32 heavy (non-hydrogen) atoms. The number of aliphatic hydroxyl groups is 1. The summed E-state index contributed by atoms with van der Waals surface area (Å²) in [5.41, 5.74) is 4.02. The van der Waals surface area contributed by atoms with Crippen molar-refractivity contribution in [2.45, 2.75) is 65.3 Å². The number of carbonyl (C=O) groups excluding carboxylic acids is 1. The van der Waals surface area contributed by atoms with Crippen LogP contribution in [0.2, 0.25) is 0 Å². The van der Waals surface area contributed by atoms with Crippen LogP contribution in [-0.2, 0) is 17.6 Å². The number of ether oxygens (including phenoxy) is 2. The third-order valence-corrected chi connectivity index (χ3v) is 6.47. The Morgan fingerprint density at radius 3 is 2.41 bits per heavy atom. The highest BCUT2D eigenvalue weighted by molar-refractivity contribution is 6.16.